The smallest absolute Gasteiger partial charge is 0.254 e. The van der Waals surface area contributed by atoms with E-state index in [0.717, 1.165) is 24.7 Å². The quantitative estimate of drug-likeness (QED) is 0.695. The van der Waals surface area contributed by atoms with Crippen molar-refractivity contribution in [1.29, 1.82) is 0 Å². The molecule has 2 aliphatic heterocycles. The number of benzene rings is 1. The fourth-order valence-corrected chi connectivity index (χ4v) is 7.08. The first-order valence-electron chi connectivity index (χ1n) is 11.1. The van der Waals surface area contributed by atoms with Crippen LogP contribution in [0.15, 0.2) is 30.3 Å². The lowest BCUT2D eigenvalue weighted by Crippen LogP contribution is -2.78. The molecule has 0 unspecified atom stereocenters. The number of likely N-dealkylation sites (tertiary alicyclic amines) is 1. The van der Waals surface area contributed by atoms with Gasteiger partial charge in [0.05, 0.1) is 11.6 Å². The predicted molar refractivity (Wildman–Crippen MR) is 111 cm³/mol. The summed E-state index contributed by atoms with van der Waals surface area (Å²) in [5, 5.41) is 0. The average molecular weight is 382 g/mol. The Bertz CT molecular complexity index is 795. The number of rotatable bonds is 2. The second-order valence-corrected chi connectivity index (χ2v) is 11.7. The largest absolute Gasteiger partial charge is 0.360 e. The van der Waals surface area contributed by atoms with Gasteiger partial charge in [0.2, 0.25) is 0 Å². The minimum atomic E-state index is -0.243. The van der Waals surface area contributed by atoms with E-state index in [1.807, 2.05) is 0 Å². The zero-order valence-corrected chi connectivity index (χ0v) is 18.2. The molecule has 1 aromatic carbocycles. The Balaban J connectivity index is 1.53. The molecule has 152 valence electrons. The van der Waals surface area contributed by atoms with Crippen LogP contribution in [-0.4, -0.2) is 34.1 Å². The number of nitrogens with zero attached hydrogens (tertiary/aromatic N) is 1. The van der Waals surface area contributed by atoms with Crippen LogP contribution in [0.4, 0.5) is 0 Å². The summed E-state index contributed by atoms with van der Waals surface area (Å²) in [6.45, 7) is 13.6. The number of amides is 1. The van der Waals surface area contributed by atoms with E-state index >= 15 is 0 Å². The number of carbonyl (C=O) groups excluding carboxylic acids is 1. The van der Waals surface area contributed by atoms with Gasteiger partial charge in [0.15, 0.2) is 6.10 Å². The molecule has 2 heterocycles. The van der Waals surface area contributed by atoms with Crippen molar-refractivity contribution >= 4 is 5.91 Å². The molecule has 0 aromatic heterocycles. The molecule has 2 saturated heterocycles. The lowest BCUT2D eigenvalue weighted by atomic mass is 9.60. The van der Waals surface area contributed by atoms with Crippen LogP contribution in [0.2, 0.25) is 0 Å². The van der Waals surface area contributed by atoms with Gasteiger partial charge >= 0.3 is 0 Å². The molecule has 4 fully saturated rings. The topological polar surface area (TPSA) is 29.5 Å². The summed E-state index contributed by atoms with van der Waals surface area (Å²) in [5.74, 6) is 2.78. The van der Waals surface area contributed by atoms with Gasteiger partial charge < -0.3 is 9.64 Å². The van der Waals surface area contributed by atoms with Gasteiger partial charge in [-0.2, -0.15) is 0 Å². The maximum Gasteiger partial charge on any atom is 0.254 e. The van der Waals surface area contributed by atoms with E-state index in [1.165, 1.54) is 12.0 Å². The van der Waals surface area contributed by atoms with Crippen LogP contribution in [0.1, 0.15) is 59.9 Å². The molecule has 1 amide bonds. The summed E-state index contributed by atoms with van der Waals surface area (Å²) >= 11 is 0. The Morgan fingerprint density at radius 1 is 1.07 bits per heavy atom. The highest BCUT2D eigenvalue weighted by molar-refractivity contribution is 5.89. The molecule has 1 aromatic rings. The first kappa shape index (κ1) is 18.7. The van der Waals surface area contributed by atoms with E-state index in [1.54, 1.807) is 0 Å². The van der Waals surface area contributed by atoms with Gasteiger partial charge in [-0.25, -0.2) is 0 Å². The van der Waals surface area contributed by atoms with Gasteiger partial charge in [-0.3, -0.25) is 4.79 Å². The van der Waals surface area contributed by atoms with E-state index in [0.29, 0.717) is 17.3 Å². The standard InChI is InChI=1S/C25H35NO2/c1-23(2,3)26-20-16(12-15-10-8-7-9-11-15)17-13-18-19(24(18,4)5)14-25(17,6)28-21(20)22(26)27/h7-11,16-21H,12-14H2,1-6H3/t16-,17+,18+,19-,20+,21-,25+/m0/s1. The first-order chi connectivity index (χ1) is 13.0. The Morgan fingerprint density at radius 2 is 1.75 bits per heavy atom. The molecule has 4 aliphatic rings. The lowest BCUT2D eigenvalue weighted by molar-refractivity contribution is -0.264. The molecule has 7 atom stereocenters. The number of hydrogen-bond donors (Lipinski definition) is 0. The Labute approximate surface area is 169 Å². The molecule has 0 N–H and O–H groups in total. The monoisotopic (exact) mass is 381 g/mol. The zero-order valence-electron chi connectivity index (χ0n) is 18.2. The molecule has 0 bridgehead atoms. The highest BCUT2D eigenvalue weighted by Crippen LogP contribution is 2.70. The van der Waals surface area contributed by atoms with Crippen LogP contribution >= 0.6 is 0 Å². The van der Waals surface area contributed by atoms with Gasteiger partial charge in [-0.05, 0) is 81.6 Å². The number of fused-ring (bicyclic) bond motifs is 3. The molecule has 28 heavy (non-hydrogen) atoms. The lowest BCUT2D eigenvalue weighted by Gasteiger charge is -2.64. The summed E-state index contributed by atoms with van der Waals surface area (Å²) in [5.41, 5.74) is 1.52. The van der Waals surface area contributed by atoms with Crippen molar-refractivity contribution in [3.05, 3.63) is 35.9 Å². The van der Waals surface area contributed by atoms with E-state index in [2.05, 4.69) is 76.8 Å². The van der Waals surface area contributed by atoms with Crippen molar-refractivity contribution in [3.63, 3.8) is 0 Å². The Morgan fingerprint density at radius 3 is 2.39 bits per heavy atom. The average Bonchev–Trinajstić information content (AvgIpc) is 3.13. The Kier molecular flexibility index (Phi) is 3.75. The highest BCUT2D eigenvalue weighted by Gasteiger charge is 2.71. The SMILES string of the molecule is CC1(C)[C@@H]2C[C@@H]3[C@H](Cc4ccccc4)[C@@H]4[C@H](O[C@]3(C)C[C@@H]21)C(=O)N4C(C)(C)C. The summed E-state index contributed by atoms with van der Waals surface area (Å²) in [4.78, 5) is 15.2. The molecule has 2 saturated carbocycles. The van der Waals surface area contributed by atoms with Crippen LogP contribution < -0.4 is 0 Å². The van der Waals surface area contributed by atoms with E-state index in [4.69, 9.17) is 4.74 Å². The predicted octanol–water partition coefficient (Wildman–Crippen LogP) is 4.69. The van der Waals surface area contributed by atoms with E-state index < -0.39 is 0 Å². The summed E-state index contributed by atoms with van der Waals surface area (Å²) in [6.07, 6.45) is 3.17. The summed E-state index contributed by atoms with van der Waals surface area (Å²) in [7, 11) is 0. The van der Waals surface area contributed by atoms with Crippen molar-refractivity contribution < 1.29 is 9.53 Å². The van der Waals surface area contributed by atoms with Crippen molar-refractivity contribution in [2.24, 2.45) is 29.1 Å². The maximum absolute atomic E-state index is 13.1. The van der Waals surface area contributed by atoms with Crippen LogP contribution in [0.3, 0.4) is 0 Å². The van der Waals surface area contributed by atoms with Gasteiger partial charge in [0.25, 0.3) is 5.91 Å². The third kappa shape index (κ3) is 2.47. The van der Waals surface area contributed by atoms with Crippen LogP contribution in [-0.2, 0) is 16.0 Å². The summed E-state index contributed by atoms with van der Waals surface area (Å²) < 4.78 is 6.68. The van der Waals surface area contributed by atoms with Crippen molar-refractivity contribution in [1.82, 2.24) is 4.90 Å². The minimum absolute atomic E-state index is 0.152. The summed E-state index contributed by atoms with van der Waals surface area (Å²) in [6, 6.07) is 11.1. The molecular weight excluding hydrogens is 346 g/mol. The van der Waals surface area contributed by atoms with Crippen molar-refractivity contribution in [3.8, 4) is 0 Å². The maximum atomic E-state index is 13.1. The molecule has 3 nitrogen and oxygen atoms in total. The van der Waals surface area contributed by atoms with E-state index in [-0.39, 0.29) is 29.2 Å². The molecule has 2 aliphatic carbocycles. The van der Waals surface area contributed by atoms with Gasteiger partial charge in [-0.1, -0.05) is 44.2 Å². The van der Waals surface area contributed by atoms with Crippen LogP contribution in [0, 0.1) is 29.1 Å². The normalized spacial score (nSPS) is 43.5. The third-order valence-electron chi connectivity index (χ3n) is 8.68. The third-order valence-corrected chi connectivity index (χ3v) is 8.68. The molecule has 0 spiro atoms. The van der Waals surface area contributed by atoms with E-state index in [9.17, 15) is 4.79 Å². The molecule has 3 heteroatoms. The van der Waals surface area contributed by atoms with Crippen LogP contribution in [0.25, 0.3) is 0 Å². The second kappa shape index (κ2) is 5.62. The van der Waals surface area contributed by atoms with Gasteiger partial charge in [0, 0.05) is 5.54 Å². The number of carbonyl (C=O) groups is 1. The minimum Gasteiger partial charge on any atom is -0.360 e. The fourth-order valence-electron chi connectivity index (χ4n) is 7.08. The van der Waals surface area contributed by atoms with Gasteiger partial charge in [-0.15, -0.1) is 0 Å². The van der Waals surface area contributed by atoms with Crippen LogP contribution in [0.5, 0.6) is 0 Å². The highest BCUT2D eigenvalue weighted by atomic mass is 16.5. The van der Waals surface area contributed by atoms with Gasteiger partial charge in [0.1, 0.15) is 0 Å². The Hall–Kier alpha value is -1.35. The van der Waals surface area contributed by atoms with Crippen molar-refractivity contribution in [2.75, 3.05) is 0 Å². The molecule has 5 rings (SSSR count). The molecular formula is C25H35NO2. The zero-order chi connectivity index (χ0) is 20.1. The fraction of sp³-hybridized carbons (Fsp3) is 0.720. The number of ether oxygens (including phenoxy) is 1. The van der Waals surface area contributed by atoms with Crippen molar-refractivity contribution in [2.45, 2.75) is 84.1 Å². The number of hydrogen-bond acceptors (Lipinski definition) is 2. The molecule has 0 radical (unpaired) electrons. The number of β-lactam (4-membered cyclic amide) rings is 1. The second-order valence-electron chi connectivity index (χ2n) is 11.7. The first-order valence-corrected chi connectivity index (χ1v) is 11.1.